The van der Waals surface area contributed by atoms with Crippen LogP contribution in [-0.2, 0) is 5.41 Å². The zero-order valence-electron chi connectivity index (χ0n) is 28.2. The van der Waals surface area contributed by atoms with Crippen LogP contribution in [0.15, 0.2) is 158 Å². The Morgan fingerprint density at radius 3 is 1.92 bits per heavy atom. The van der Waals surface area contributed by atoms with Gasteiger partial charge in [-0.3, -0.25) is 0 Å². The van der Waals surface area contributed by atoms with Crippen molar-refractivity contribution in [2.24, 2.45) is 0 Å². The molecule has 0 spiro atoms. The molecule has 4 heteroatoms. The van der Waals surface area contributed by atoms with Crippen molar-refractivity contribution < 1.29 is 9.47 Å². The van der Waals surface area contributed by atoms with Gasteiger partial charge in [-0.25, -0.2) is 9.97 Å². The highest BCUT2D eigenvalue weighted by Gasteiger charge is 2.39. The first-order chi connectivity index (χ1) is 25.0. The number of para-hydroxylation sites is 1. The third-order valence-electron chi connectivity index (χ3n) is 10.4. The second kappa shape index (κ2) is 11.3. The molecule has 0 saturated carbocycles. The molecule has 7 aromatic carbocycles. The van der Waals surface area contributed by atoms with Gasteiger partial charge in [0.05, 0.1) is 11.4 Å². The maximum atomic E-state index is 6.84. The Bertz CT molecular complexity index is 2670. The van der Waals surface area contributed by atoms with E-state index in [4.69, 9.17) is 19.4 Å². The van der Waals surface area contributed by atoms with Gasteiger partial charge in [0.2, 0.25) is 0 Å². The molecule has 0 N–H and O–H groups in total. The summed E-state index contributed by atoms with van der Waals surface area (Å²) in [6, 6.07) is 54.5. The third-order valence-corrected chi connectivity index (χ3v) is 10.4. The first kappa shape index (κ1) is 29.4. The van der Waals surface area contributed by atoms with E-state index in [0.29, 0.717) is 23.1 Å². The highest BCUT2D eigenvalue weighted by atomic mass is 16.6. The van der Waals surface area contributed by atoms with Crippen molar-refractivity contribution in [2.45, 2.75) is 19.3 Å². The van der Waals surface area contributed by atoms with Crippen molar-refractivity contribution in [1.29, 1.82) is 0 Å². The first-order valence-corrected chi connectivity index (χ1v) is 17.3. The molecule has 242 valence electrons. The predicted molar refractivity (Wildman–Crippen MR) is 205 cm³/mol. The molecule has 2 aliphatic rings. The first-order valence-electron chi connectivity index (χ1n) is 17.3. The maximum absolute atomic E-state index is 6.84. The summed E-state index contributed by atoms with van der Waals surface area (Å²) in [5.74, 6) is 3.53. The van der Waals surface area contributed by atoms with E-state index in [-0.39, 0.29) is 5.41 Å². The minimum absolute atomic E-state index is 0.133. The number of rotatable bonds is 4. The van der Waals surface area contributed by atoms with Gasteiger partial charge in [0, 0.05) is 33.2 Å². The fourth-order valence-corrected chi connectivity index (χ4v) is 7.89. The average Bonchev–Trinajstić information content (AvgIpc) is 3.43. The number of benzene rings is 7. The second-order valence-electron chi connectivity index (χ2n) is 13.7. The lowest BCUT2D eigenvalue weighted by atomic mass is 9.82. The molecule has 0 radical (unpaired) electrons. The fourth-order valence-electron chi connectivity index (χ4n) is 7.89. The lowest BCUT2D eigenvalue weighted by Crippen LogP contribution is -2.15. The quantitative estimate of drug-likeness (QED) is 0.189. The Labute approximate surface area is 296 Å². The number of hydrogen-bond donors (Lipinski definition) is 0. The van der Waals surface area contributed by atoms with Crippen molar-refractivity contribution in [3.63, 3.8) is 0 Å². The summed E-state index contributed by atoms with van der Waals surface area (Å²) in [5, 5.41) is 2.32. The highest BCUT2D eigenvalue weighted by molar-refractivity contribution is 5.97. The van der Waals surface area contributed by atoms with Crippen LogP contribution in [0.3, 0.4) is 0 Å². The summed E-state index contributed by atoms with van der Waals surface area (Å²) in [6.45, 7) is 4.55. The average molecular weight is 657 g/mol. The van der Waals surface area contributed by atoms with E-state index >= 15 is 0 Å². The Morgan fingerprint density at radius 1 is 0.451 bits per heavy atom. The van der Waals surface area contributed by atoms with E-state index in [1.54, 1.807) is 0 Å². The van der Waals surface area contributed by atoms with Crippen molar-refractivity contribution in [3.05, 3.63) is 169 Å². The molecule has 8 aromatic rings. The summed E-state index contributed by atoms with van der Waals surface area (Å²) < 4.78 is 13.7. The summed E-state index contributed by atoms with van der Waals surface area (Å²) >= 11 is 0. The van der Waals surface area contributed by atoms with Crippen molar-refractivity contribution in [2.75, 3.05) is 0 Å². The van der Waals surface area contributed by atoms with Gasteiger partial charge in [-0.1, -0.05) is 153 Å². The lowest BCUT2D eigenvalue weighted by molar-refractivity contribution is 0.361. The van der Waals surface area contributed by atoms with Gasteiger partial charge >= 0.3 is 0 Å². The van der Waals surface area contributed by atoms with Gasteiger partial charge in [-0.15, -0.1) is 0 Å². The fraction of sp³-hybridized carbons (Fsp3) is 0.0638. The normalized spacial score (nSPS) is 13.4. The number of ether oxygens (including phenoxy) is 2. The minimum Gasteiger partial charge on any atom is -0.449 e. The molecule has 0 saturated heterocycles. The molecule has 0 amide bonds. The number of aromatic nitrogens is 2. The smallest absolute Gasteiger partial charge is 0.178 e. The third kappa shape index (κ3) is 4.60. The molecule has 1 aliphatic carbocycles. The summed E-state index contributed by atoms with van der Waals surface area (Å²) in [7, 11) is 0. The topological polar surface area (TPSA) is 44.2 Å². The number of fused-ring (bicyclic) bond motifs is 7. The summed E-state index contributed by atoms with van der Waals surface area (Å²) in [4.78, 5) is 10.4. The van der Waals surface area contributed by atoms with Gasteiger partial charge in [0.1, 0.15) is 0 Å². The zero-order valence-corrected chi connectivity index (χ0v) is 28.2. The molecule has 1 aromatic heterocycles. The molecule has 2 heterocycles. The van der Waals surface area contributed by atoms with E-state index in [0.717, 1.165) is 55.9 Å². The van der Waals surface area contributed by atoms with Crippen LogP contribution in [0.2, 0.25) is 0 Å². The van der Waals surface area contributed by atoms with Crippen LogP contribution in [0.4, 0.5) is 0 Å². The van der Waals surface area contributed by atoms with Crippen LogP contribution in [0.1, 0.15) is 25.0 Å². The molecule has 0 bridgehead atoms. The molecule has 0 atom stereocenters. The summed E-state index contributed by atoms with van der Waals surface area (Å²) in [5.41, 5.74) is 11.3. The molecule has 10 rings (SSSR count). The lowest BCUT2D eigenvalue weighted by Gasteiger charge is -2.26. The maximum Gasteiger partial charge on any atom is 0.178 e. The molecule has 4 nitrogen and oxygen atoms in total. The Kier molecular flexibility index (Phi) is 6.49. The molecule has 0 unspecified atom stereocenters. The van der Waals surface area contributed by atoms with E-state index in [2.05, 4.69) is 141 Å². The monoisotopic (exact) mass is 656 g/mol. The Balaban J connectivity index is 1.13. The number of nitrogens with zero attached hydrogens (tertiary/aromatic N) is 2. The van der Waals surface area contributed by atoms with Gasteiger partial charge in [0.15, 0.2) is 28.8 Å². The zero-order chi connectivity index (χ0) is 34.1. The summed E-state index contributed by atoms with van der Waals surface area (Å²) in [6.07, 6.45) is 0. The van der Waals surface area contributed by atoms with E-state index in [1.165, 1.54) is 22.1 Å². The van der Waals surface area contributed by atoms with Crippen LogP contribution in [0.25, 0.3) is 66.9 Å². The molecular formula is C47H32N2O2. The Morgan fingerprint density at radius 2 is 1.06 bits per heavy atom. The molecule has 1 aliphatic heterocycles. The van der Waals surface area contributed by atoms with Crippen LogP contribution >= 0.6 is 0 Å². The van der Waals surface area contributed by atoms with Crippen molar-refractivity contribution in [1.82, 2.24) is 9.97 Å². The largest absolute Gasteiger partial charge is 0.449 e. The standard InChI is InChI=1S/C47H32N2O2/c1-47(2)37-24-11-10-21-36(37)43-38(47)26-27-42-45(43)51-41-25-13-23-35(44(41)50-42)32-19-8-9-20-34(32)40-28-39(48-46(49-40)30-15-4-3-5-16-30)33-22-12-17-29-14-6-7-18-31(29)33/h3-28H,1-2H3. The van der Waals surface area contributed by atoms with Crippen LogP contribution in [0.5, 0.6) is 23.0 Å². The minimum atomic E-state index is -0.133. The molecule has 0 fully saturated rings. The second-order valence-corrected chi connectivity index (χ2v) is 13.7. The SMILES string of the molecule is CC1(C)c2ccccc2-c2c1ccc1c2Oc2cccc(-c3ccccc3-c3cc(-c4cccc5ccccc45)nc(-c4ccccc4)n3)c2O1. The predicted octanol–water partition coefficient (Wildman–Crippen LogP) is 12.5. The van der Waals surface area contributed by atoms with Crippen LogP contribution in [-0.4, -0.2) is 9.97 Å². The Hall–Kier alpha value is -6.52. The highest BCUT2D eigenvalue weighted by Crippen LogP contribution is 2.59. The van der Waals surface area contributed by atoms with Gasteiger partial charge in [0.25, 0.3) is 0 Å². The van der Waals surface area contributed by atoms with Crippen molar-refractivity contribution >= 4 is 10.8 Å². The van der Waals surface area contributed by atoms with Crippen LogP contribution < -0.4 is 9.47 Å². The van der Waals surface area contributed by atoms with E-state index < -0.39 is 0 Å². The van der Waals surface area contributed by atoms with Gasteiger partial charge < -0.3 is 9.47 Å². The van der Waals surface area contributed by atoms with E-state index in [9.17, 15) is 0 Å². The van der Waals surface area contributed by atoms with E-state index in [1.807, 2.05) is 30.3 Å². The van der Waals surface area contributed by atoms with Crippen LogP contribution in [0, 0.1) is 0 Å². The van der Waals surface area contributed by atoms with Gasteiger partial charge in [-0.2, -0.15) is 0 Å². The molecule has 51 heavy (non-hydrogen) atoms. The molecular weight excluding hydrogens is 625 g/mol. The van der Waals surface area contributed by atoms with Crippen molar-refractivity contribution in [3.8, 4) is 79.2 Å². The number of hydrogen-bond acceptors (Lipinski definition) is 4. The van der Waals surface area contributed by atoms with Gasteiger partial charge in [-0.05, 0) is 51.2 Å².